The number of rotatable bonds is 5. The van der Waals surface area contributed by atoms with Crippen molar-refractivity contribution in [2.45, 2.75) is 6.92 Å². The summed E-state index contributed by atoms with van der Waals surface area (Å²) in [6.45, 7) is 3.85. The van der Waals surface area contributed by atoms with Crippen LogP contribution < -0.4 is 4.90 Å². The van der Waals surface area contributed by atoms with Crippen LogP contribution in [0.3, 0.4) is 0 Å². The molecule has 0 bridgehead atoms. The van der Waals surface area contributed by atoms with Gasteiger partial charge in [-0.3, -0.25) is 0 Å². The first kappa shape index (κ1) is 12.5. The molecule has 0 N–H and O–H groups in total. The largest absolute Gasteiger partial charge is 0.380 e. The van der Waals surface area contributed by atoms with Crippen molar-refractivity contribution in [3.8, 4) is 6.07 Å². The molecule has 1 aromatic rings. The van der Waals surface area contributed by atoms with Crippen LogP contribution in [0.4, 0.5) is 10.1 Å². The third-order valence-corrected chi connectivity index (χ3v) is 2.23. The average molecular weight is 222 g/mol. The predicted molar refractivity (Wildman–Crippen MR) is 60.9 cm³/mol. The Morgan fingerprint density at radius 2 is 2.19 bits per heavy atom. The Morgan fingerprint density at radius 1 is 1.44 bits per heavy atom. The van der Waals surface area contributed by atoms with Gasteiger partial charge in [-0.15, -0.1) is 0 Å². The zero-order valence-electron chi connectivity index (χ0n) is 9.53. The Balaban J connectivity index is 2.71. The fourth-order valence-corrected chi connectivity index (χ4v) is 1.33. The quantitative estimate of drug-likeness (QED) is 0.716. The van der Waals surface area contributed by atoms with E-state index in [1.807, 2.05) is 24.9 Å². The molecule has 4 heteroatoms. The van der Waals surface area contributed by atoms with Crippen LogP contribution in [0.5, 0.6) is 0 Å². The molecule has 0 aliphatic carbocycles. The molecule has 0 aromatic heterocycles. The molecule has 0 spiro atoms. The first-order valence-corrected chi connectivity index (χ1v) is 5.17. The summed E-state index contributed by atoms with van der Waals surface area (Å²) in [4.78, 5) is 1.86. The molecule has 0 radical (unpaired) electrons. The molecule has 0 saturated carbocycles. The highest BCUT2D eigenvalue weighted by molar-refractivity contribution is 5.51. The van der Waals surface area contributed by atoms with Crippen LogP contribution >= 0.6 is 0 Å². The van der Waals surface area contributed by atoms with Gasteiger partial charge in [0, 0.05) is 25.9 Å². The van der Waals surface area contributed by atoms with Crippen LogP contribution in [0.2, 0.25) is 0 Å². The summed E-state index contributed by atoms with van der Waals surface area (Å²) in [5, 5.41) is 8.72. The van der Waals surface area contributed by atoms with Crippen molar-refractivity contribution < 1.29 is 9.13 Å². The molecule has 16 heavy (non-hydrogen) atoms. The molecule has 0 saturated heterocycles. The molecule has 86 valence electrons. The molecule has 1 rings (SSSR count). The highest BCUT2D eigenvalue weighted by atomic mass is 19.1. The standard InChI is InChI=1S/C12H15FN2O/c1-3-16-5-4-15(2)12-7-10(9-14)6-11(13)8-12/h6-8H,3-5H2,1-2H3. The van der Waals surface area contributed by atoms with Crippen molar-refractivity contribution in [2.75, 3.05) is 31.7 Å². The summed E-state index contributed by atoms with van der Waals surface area (Å²) in [5.74, 6) is -0.391. The van der Waals surface area contributed by atoms with Gasteiger partial charge < -0.3 is 9.64 Å². The number of nitrogens with zero attached hydrogens (tertiary/aromatic N) is 2. The zero-order valence-corrected chi connectivity index (χ0v) is 9.53. The highest BCUT2D eigenvalue weighted by Crippen LogP contribution is 2.16. The van der Waals surface area contributed by atoms with Gasteiger partial charge in [0.05, 0.1) is 18.2 Å². The summed E-state index contributed by atoms with van der Waals surface area (Å²) in [7, 11) is 1.84. The van der Waals surface area contributed by atoms with E-state index in [0.29, 0.717) is 31.0 Å². The number of likely N-dealkylation sites (N-methyl/N-ethyl adjacent to an activating group) is 1. The first-order chi connectivity index (χ1) is 7.67. The van der Waals surface area contributed by atoms with Crippen molar-refractivity contribution in [1.29, 1.82) is 5.26 Å². The van der Waals surface area contributed by atoms with Crippen molar-refractivity contribution in [3.05, 3.63) is 29.6 Å². The molecular formula is C12H15FN2O. The van der Waals surface area contributed by atoms with Gasteiger partial charge in [0.15, 0.2) is 0 Å². The Hall–Kier alpha value is -1.60. The topological polar surface area (TPSA) is 36.3 Å². The molecule has 0 fully saturated rings. The smallest absolute Gasteiger partial charge is 0.126 e. The lowest BCUT2D eigenvalue weighted by Crippen LogP contribution is -2.22. The number of hydrogen-bond acceptors (Lipinski definition) is 3. The van der Waals surface area contributed by atoms with E-state index in [2.05, 4.69) is 0 Å². The summed E-state index contributed by atoms with van der Waals surface area (Å²) >= 11 is 0. The van der Waals surface area contributed by atoms with Gasteiger partial charge in [-0.25, -0.2) is 4.39 Å². The molecule has 0 aliphatic heterocycles. The minimum absolute atomic E-state index is 0.332. The van der Waals surface area contributed by atoms with Crippen molar-refractivity contribution in [1.82, 2.24) is 0 Å². The summed E-state index contributed by atoms with van der Waals surface area (Å²) in [5.41, 5.74) is 1.02. The van der Waals surface area contributed by atoms with Crippen LogP contribution in [-0.2, 0) is 4.74 Å². The maximum Gasteiger partial charge on any atom is 0.126 e. The van der Waals surface area contributed by atoms with Gasteiger partial charge in [0.2, 0.25) is 0 Å². The van der Waals surface area contributed by atoms with Gasteiger partial charge in [0.1, 0.15) is 5.82 Å². The number of ether oxygens (including phenoxy) is 1. The predicted octanol–water partition coefficient (Wildman–Crippen LogP) is 2.17. The second kappa shape index (κ2) is 6.09. The van der Waals surface area contributed by atoms with Gasteiger partial charge in [-0.2, -0.15) is 5.26 Å². The van der Waals surface area contributed by atoms with Crippen molar-refractivity contribution in [2.24, 2.45) is 0 Å². The van der Waals surface area contributed by atoms with E-state index in [4.69, 9.17) is 10.00 Å². The van der Waals surface area contributed by atoms with Crippen LogP contribution in [0, 0.1) is 17.1 Å². The van der Waals surface area contributed by atoms with E-state index in [1.54, 1.807) is 6.07 Å². The van der Waals surface area contributed by atoms with E-state index in [9.17, 15) is 4.39 Å². The molecule has 0 unspecified atom stereocenters. The SMILES string of the molecule is CCOCCN(C)c1cc(F)cc(C#N)c1. The van der Waals surface area contributed by atoms with Gasteiger partial charge >= 0.3 is 0 Å². The van der Waals surface area contributed by atoms with Gasteiger partial charge in [0.25, 0.3) is 0 Å². The van der Waals surface area contributed by atoms with Crippen LogP contribution in [0.1, 0.15) is 12.5 Å². The van der Waals surface area contributed by atoms with Gasteiger partial charge in [-0.1, -0.05) is 0 Å². The maximum absolute atomic E-state index is 13.2. The number of nitriles is 1. The van der Waals surface area contributed by atoms with E-state index in [-0.39, 0.29) is 0 Å². The van der Waals surface area contributed by atoms with Crippen LogP contribution in [0.25, 0.3) is 0 Å². The molecule has 1 aromatic carbocycles. The third-order valence-electron chi connectivity index (χ3n) is 2.23. The Kier molecular flexibility index (Phi) is 4.74. The fraction of sp³-hybridized carbons (Fsp3) is 0.417. The highest BCUT2D eigenvalue weighted by Gasteiger charge is 2.04. The summed E-state index contributed by atoms with van der Waals surface area (Å²) in [6.07, 6.45) is 0. The van der Waals surface area contributed by atoms with Crippen molar-refractivity contribution >= 4 is 5.69 Å². The molecule has 0 aliphatic rings. The van der Waals surface area contributed by atoms with E-state index >= 15 is 0 Å². The summed E-state index contributed by atoms with van der Waals surface area (Å²) in [6, 6.07) is 6.23. The van der Waals surface area contributed by atoms with Crippen LogP contribution in [0.15, 0.2) is 18.2 Å². The normalized spacial score (nSPS) is 9.88. The second-order valence-corrected chi connectivity index (χ2v) is 3.43. The zero-order chi connectivity index (χ0) is 12.0. The minimum atomic E-state index is -0.391. The molecule has 0 atom stereocenters. The Morgan fingerprint density at radius 3 is 2.81 bits per heavy atom. The summed E-state index contributed by atoms with van der Waals surface area (Å²) < 4.78 is 18.4. The van der Waals surface area contributed by atoms with Crippen molar-refractivity contribution in [3.63, 3.8) is 0 Å². The number of benzene rings is 1. The van der Waals surface area contributed by atoms with E-state index in [0.717, 1.165) is 0 Å². The lowest BCUT2D eigenvalue weighted by atomic mass is 10.2. The van der Waals surface area contributed by atoms with E-state index in [1.165, 1.54) is 12.1 Å². The monoisotopic (exact) mass is 222 g/mol. The minimum Gasteiger partial charge on any atom is -0.380 e. The van der Waals surface area contributed by atoms with Gasteiger partial charge in [-0.05, 0) is 25.1 Å². The fourth-order valence-electron chi connectivity index (χ4n) is 1.33. The lowest BCUT2D eigenvalue weighted by Gasteiger charge is -2.19. The molecular weight excluding hydrogens is 207 g/mol. The van der Waals surface area contributed by atoms with E-state index < -0.39 is 5.82 Å². The third kappa shape index (κ3) is 3.52. The van der Waals surface area contributed by atoms with Crippen LogP contribution in [-0.4, -0.2) is 26.8 Å². The number of anilines is 1. The Labute approximate surface area is 95.1 Å². The average Bonchev–Trinajstić information content (AvgIpc) is 2.28. The molecule has 3 nitrogen and oxygen atoms in total. The first-order valence-electron chi connectivity index (χ1n) is 5.17. The number of halogens is 1. The number of hydrogen-bond donors (Lipinski definition) is 0. The Bertz CT molecular complexity index is 387. The molecule has 0 amide bonds. The lowest BCUT2D eigenvalue weighted by molar-refractivity contribution is 0.154. The maximum atomic E-state index is 13.2. The second-order valence-electron chi connectivity index (χ2n) is 3.43. The molecule has 0 heterocycles.